The molecule has 1 saturated carbocycles. The van der Waals surface area contributed by atoms with E-state index >= 15 is 0 Å². The van der Waals surface area contributed by atoms with E-state index in [0.29, 0.717) is 28.8 Å². The quantitative estimate of drug-likeness (QED) is 0.284. The van der Waals surface area contributed by atoms with E-state index in [2.05, 4.69) is 26.0 Å². The number of methoxy groups -OCH3 is 1. The van der Waals surface area contributed by atoms with Gasteiger partial charge in [-0.15, -0.1) is 5.10 Å². The average Bonchev–Trinajstić information content (AvgIpc) is 3.34. The van der Waals surface area contributed by atoms with E-state index in [1.165, 1.54) is 19.4 Å². The van der Waals surface area contributed by atoms with Crippen LogP contribution < -0.4 is 4.74 Å². The summed E-state index contributed by atoms with van der Waals surface area (Å²) in [4.78, 5) is 26.8. The fourth-order valence-electron chi connectivity index (χ4n) is 2.69. The van der Waals surface area contributed by atoms with Gasteiger partial charge in [0.2, 0.25) is 0 Å². The molecule has 9 nitrogen and oxygen atoms in total. The molecule has 1 fully saturated rings. The van der Waals surface area contributed by atoms with Crippen LogP contribution in [0, 0.1) is 16.0 Å². The van der Waals surface area contributed by atoms with Crippen LogP contribution in [0.4, 0.5) is 11.4 Å². The third kappa shape index (κ3) is 4.00. The van der Waals surface area contributed by atoms with E-state index in [1.807, 2.05) is 0 Å². The highest BCUT2D eigenvalue weighted by molar-refractivity contribution is 9.10. The Hall–Kier alpha value is -2.75. The number of hydrogen-bond donors (Lipinski definition) is 0. The zero-order valence-electron chi connectivity index (χ0n) is 14.7. The predicted octanol–water partition coefficient (Wildman–Crippen LogP) is 3.44. The van der Waals surface area contributed by atoms with Crippen LogP contribution in [0.5, 0.6) is 5.88 Å². The van der Waals surface area contributed by atoms with E-state index < -0.39 is 4.92 Å². The van der Waals surface area contributed by atoms with E-state index in [-0.39, 0.29) is 29.5 Å². The molecular formula is C17H17BrN4O5. The van der Waals surface area contributed by atoms with Gasteiger partial charge in [0, 0.05) is 16.8 Å². The van der Waals surface area contributed by atoms with Crippen molar-refractivity contribution < 1.29 is 19.2 Å². The molecule has 0 amide bonds. The van der Waals surface area contributed by atoms with Crippen molar-refractivity contribution in [1.29, 1.82) is 0 Å². The third-order valence-electron chi connectivity index (χ3n) is 4.12. The topological polar surface area (TPSA) is 109 Å². The van der Waals surface area contributed by atoms with Gasteiger partial charge in [0.25, 0.3) is 11.6 Å². The SMILES string of the molecule is CCOC(=O)[C@@H]1C[C@H]1n1cc(N=Cc2c(Br)cccc2[N+](=O)[O-])c(OC)n1. The Morgan fingerprint density at radius 1 is 1.56 bits per heavy atom. The Morgan fingerprint density at radius 3 is 3.00 bits per heavy atom. The number of aromatic nitrogens is 2. The number of aliphatic imine (C=N–C) groups is 1. The first-order valence-corrected chi connectivity index (χ1v) is 9.02. The van der Waals surface area contributed by atoms with Crippen molar-refractivity contribution in [3.8, 4) is 5.88 Å². The number of esters is 1. The average molecular weight is 437 g/mol. The minimum atomic E-state index is -0.471. The van der Waals surface area contributed by atoms with Crippen LogP contribution in [-0.2, 0) is 9.53 Å². The van der Waals surface area contributed by atoms with Crippen molar-refractivity contribution in [1.82, 2.24) is 9.78 Å². The summed E-state index contributed by atoms with van der Waals surface area (Å²) in [5, 5.41) is 15.5. The number of carbonyl (C=O) groups excluding carboxylic acids is 1. The maximum absolute atomic E-state index is 11.8. The molecule has 27 heavy (non-hydrogen) atoms. The lowest BCUT2D eigenvalue weighted by Crippen LogP contribution is -2.09. The van der Waals surface area contributed by atoms with Crippen molar-refractivity contribution in [3.63, 3.8) is 0 Å². The molecule has 0 bridgehead atoms. The lowest BCUT2D eigenvalue weighted by molar-refractivity contribution is -0.385. The van der Waals surface area contributed by atoms with Gasteiger partial charge in [-0.05, 0) is 35.3 Å². The fraction of sp³-hybridized carbons (Fsp3) is 0.353. The van der Waals surface area contributed by atoms with E-state index in [0.717, 1.165) is 0 Å². The summed E-state index contributed by atoms with van der Waals surface area (Å²) in [7, 11) is 1.46. The molecule has 2 aromatic rings. The number of halogens is 1. The normalized spacial score (nSPS) is 18.5. The number of rotatable bonds is 7. The molecule has 1 aromatic heterocycles. The Kier molecular flexibility index (Phi) is 5.54. The highest BCUT2D eigenvalue weighted by Gasteiger charge is 2.46. The zero-order chi connectivity index (χ0) is 19.6. The van der Waals surface area contributed by atoms with Gasteiger partial charge < -0.3 is 9.47 Å². The van der Waals surface area contributed by atoms with E-state index in [4.69, 9.17) is 9.47 Å². The van der Waals surface area contributed by atoms with Gasteiger partial charge in [-0.3, -0.25) is 19.6 Å². The second-order valence-electron chi connectivity index (χ2n) is 5.85. The largest absolute Gasteiger partial charge is 0.478 e. The van der Waals surface area contributed by atoms with Gasteiger partial charge in [-0.25, -0.2) is 4.99 Å². The van der Waals surface area contributed by atoms with Crippen LogP contribution in [0.3, 0.4) is 0 Å². The smallest absolute Gasteiger partial charge is 0.311 e. The maximum Gasteiger partial charge on any atom is 0.311 e. The standard InChI is InChI=1S/C17H17BrN4O5/c1-3-27-17(23)10-7-15(10)21-9-13(16(20-21)26-2)19-8-11-12(18)5-4-6-14(11)22(24)25/h4-6,8-10,15H,3,7H2,1-2H3/t10-,15-/m1/s1. The molecule has 1 heterocycles. The van der Waals surface area contributed by atoms with Gasteiger partial charge in [0.05, 0.1) is 42.4 Å². The lowest BCUT2D eigenvalue weighted by atomic mass is 10.2. The summed E-state index contributed by atoms with van der Waals surface area (Å²) in [6.07, 6.45) is 3.69. The molecule has 10 heteroatoms. The zero-order valence-corrected chi connectivity index (χ0v) is 16.2. The second-order valence-corrected chi connectivity index (χ2v) is 6.71. The first-order chi connectivity index (χ1) is 13.0. The minimum Gasteiger partial charge on any atom is -0.478 e. The van der Waals surface area contributed by atoms with Crippen LogP contribution in [-0.4, -0.2) is 40.6 Å². The third-order valence-corrected chi connectivity index (χ3v) is 4.81. The molecule has 0 saturated heterocycles. The first-order valence-electron chi connectivity index (χ1n) is 8.23. The molecule has 0 spiro atoms. The number of nitro groups is 1. The van der Waals surface area contributed by atoms with Crippen molar-refractivity contribution in [2.45, 2.75) is 19.4 Å². The molecule has 0 unspecified atom stereocenters. The summed E-state index contributed by atoms with van der Waals surface area (Å²) in [5.74, 6) is -0.197. The van der Waals surface area contributed by atoms with Crippen LogP contribution >= 0.6 is 15.9 Å². The Bertz CT molecular complexity index is 911. The summed E-state index contributed by atoms with van der Waals surface area (Å²) in [6.45, 7) is 2.10. The summed E-state index contributed by atoms with van der Waals surface area (Å²) in [5.41, 5.74) is 0.689. The predicted molar refractivity (Wildman–Crippen MR) is 101 cm³/mol. The Morgan fingerprint density at radius 2 is 2.33 bits per heavy atom. The van der Waals surface area contributed by atoms with Gasteiger partial charge in [0.15, 0.2) is 0 Å². The number of nitrogens with zero attached hydrogens (tertiary/aromatic N) is 4. The lowest BCUT2D eigenvalue weighted by Gasteiger charge is -2.00. The van der Waals surface area contributed by atoms with E-state index in [9.17, 15) is 14.9 Å². The van der Waals surface area contributed by atoms with Crippen LogP contribution in [0.1, 0.15) is 24.9 Å². The molecule has 1 aromatic carbocycles. The number of ether oxygens (including phenoxy) is 2. The van der Waals surface area contributed by atoms with Crippen LogP contribution in [0.15, 0.2) is 33.9 Å². The van der Waals surface area contributed by atoms with Crippen molar-refractivity contribution in [3.05, 3.63) is 44.5 Å². The Labute approximate surface area is 163 Å². The van der Waals surface area contributed by atoms with Gasteiger partial charge in [0.1, 0.15) is 5.69 Å². The van der Waals surface area contributed by atoms with Crippen molar-refractivity contribution in [2.75, 3.05) is 13.7 Å². The van der Waals surface area contributed by atoms with Gasteiger partial charge >= 0.3 is 5.97 Å². The molecule has 1 aliphatic rings. The molecule has 0 N–H and O–H groups in total. The molecular weight excluding hydrogens is 420 g/mol. The molecule has 2 atom stereocenters. The summed E-state index contributed by atoms with van der Waals surface area (Å²) < 4.78 is 12.4. The highest BCUT2D eigenvalue weighted by atomic mass is 79.9. The first kappa shape index (κ1) is 19.0. The minimum absolute atomic E-state index is 0.0657. The number of carbonyl (C=O) groups is 1. The van der Waals surface area contributed by atoms with Crippen molar-refractivity contribution >= 4 is 39.5 Å². The fourth-order valence-corrected chi connectivity index (χ4v) is 3.15. The monoisotopic (exact) mass is 436 g/mol. The number of hydrogen-bond acceptors (Lipinski definition) is 7. The van der Waals surface area contributed by atoms with Crippen molar-refractivity contribution in [2.24, 2.45) is 10.9 Å². The number of benzene rings is 1. The van der Waals surface area contributed by atoms with Crippen LogP contribution in [0.25, 0.3) is 0 Å². The second kappa shape index (κ2) is 7.87. The molecule has 0 radical (unpaired) electrons. The molecule has 1 aliphatic carbocycles. The summed E-state index contributed by atoms with van der Waals surface area (Å²) in [6, 6.07) is 4.59. The molecule has 0 aliphatic heterocycles. The van der Waals surface area contributed by atoms with E-state index in [1.54, 1.807) is 29.9 Å². The molecule has 3 rings (SSSR count). The highest BCUT2D eigenvalue weighted by Crippen LogP contribution is 2.45. The maximum atomic E-state index is 11.8. The summed E-state index contributed by atoms with van der Waals surface area (Å²) >= 11 is 3.30. The molecule has 142 valence electrons. The Balaban J connectivity index is 1.85. The number of nitro benzene ring substituents is 1. The van der Waals surface area contributed by atoms with Gasteiger partial charge in [-0.1, -0.05) is 6.07 Å². The van der Waals surface area contributed by atoms with Gasteiger partial charge in [-0.2, -0.15) is 0 Å². The van der Waals surface area contributed by atoms with Crippen LogP contribution in [0.2, 0.25) is 0 Å².